The van der Waals surface area contributed by atoms with Gasteiger partial charge in [-0.2, -0.15) is 0 Å². The Morgan fingerprint density at radius 2 is 1.67 bits per heavy atom. The summed E-state index contributed by atoms with van der Waals surface area (Å²) < 4.78 is 10.6. The smallest absolute Gasteiger partial charge is 0.190 e. The summed E-state index contributed by atoms with van der Waals surface area (Å²) in [7, 11) is 3.48. The van der Waals surface area contributed by atoms with Gasteiger partial charge in [0, 0.05) is 33.9 Å². The highest BCUT2D eigenvalue weighted by molar-refractivity contribution is 14.0. The van der Waals surface area contributed by atoms with Gasteiger partial charge >= 0.3 is 0 Å². The second-order valence-electron chi connectivity index (χ2n) is 4.29. The Hall–Kier alpha value is -1.02. The molecule has 0 aliphatic rings. The van der Waals surface area contributed by atoms with Crippen LogP contribution in [0.4, 0.5) is 0 Å². The first-order valence-corrected chi connectivity index (χ1v) is 6.98. The van der Waals surface area contributed by atoms with Crippen molar-refractivity contribution in [3.8, 4) is 5.75 Å². The molecule has 120 valence electrons. The number of aliphatic imine (C=N–C) groups is 1. The van der Waals surface area contributed by atoms with Crippen molar-refractivity contribution in [1.82, 2.24) is 10.6 Å². The standard InChI is InChI=1S/C15H25N3O2.HI/c1-16-15(17-10-6-12-19-2)18-11-7-13-20-14-8-4-3-5-9-14;/h3-5,8-9H,6-7,10-13H2,1-2H3,(H2,16,17,18);1H. The van der Waals surface area contributed by atoms with Crippen LogP contribution in [0.15, 0.2) is 35.3 Å². The molecule has 0 saturated carbocycles. The molecule has 0 spiro atoms. The molecule has 1 rings (SSSR count). The van der Waals surface area contributed by atoms with Crippen LogP contribution in [0.25, 0.3) is 0 Å². The molecule has 0 amide bonds. The predicted octanol–water partition coefficient (Wildman–Crippen LogP) is 2.27. The molecular formula is C15H26IN3O2. The van der Waals surface area contributed by atoms with E-state index in [1.807, 2.05) is 30.3 Å². The number of para-hydroxylation sites is 1. The van der Waals surface area contributed by atoms with E-state index in [1.165, 1.54) is 0 Å². The molecule has 0 radical (unpaired) electrons. The molecule has 6 heteroatoms. The van der Waals surface area contributed by atoms with Crippen molar-refractivity contribution in [1.29, 1.82) is 0 Å². The summed E-state index contributed by atoms with van der Waals surface area (Å²) in [5.41, 5.74) is 0. The lowest BCUT2D eigenvalue weighted by Crippen LogP contribution is -2.38. The molecular weight excluding hydrogens is 381 g/mol. The van der Waals surface area contributed by atoms with Gasteiger partial charge in [-0.3, -0.25) is 4.99 Å². The number of nitrogens with zero attached hydrogens (tertiary/aromatic N) is 1. The summed E-state index contributed by atoms with van der Waals surface area (Å²) >= 11 is 0. The molecule has 2 N–H and O–H groups in total. The van der Waals surface area contributed by atoms with E-state index in [4.69, 9.17) is 9.47 Å². The molecule has 0 fully saturated rings. The van der Waals surface area contributed by atoms with Gasteiger partial charge in [0.2, 0.25) is 0 Å². The fourth-order valence-electron chi connectivity index (χ4n) is 1.63. The second kappa shape index (κ2) is 13.9. The van der Waals surface area contributed by atoms with E-state index >= 15 is 0 Å². The van der Waals surface area contributed by atoms with Crippen molar-refractivity contribution in [2.75, 3.05) is 40.5 Å². The number of benzene rings is 1. The normalized spacial score (nSPS) is 10.7. The summed E-state index contributed by atoms with van der Waals surface area (Å²) in [6.07, 6.45) is 1.89. The van der Waals surface area contributed by atoms with Gasteiger partial charge in [0.1, 0.15) is 5.75 Å². The number of rotatable bonds is 9. The second-order valence-corrected chi connectivity index (χ2v) is 4.29. The van der Waals surface area contributed by atoms with Gasteiger partial charge in [-0.1, -0.05) is 18.2 Å². The average molecular weight is 407 g/mol. The molecule has 0 aliphatic heterocycles. The van der Waals surface area contributed by atoms with Crippen LogP contribution in [0.1, 0.15) is 12.8 Å². The maximum absolute atomic E-state index is 5.62. The van der Waals surface area contributed by atoms with E-state index in [0.29, 0.717) is 6.61 Å². The topological polar surface area (TPSA) is 54.9 Å². The van der Waals surface area contributed by atoms with E-state index in [0.717, 1.165) is 44.2 Å². The molecule has 0 atom stereocenters. The molecule has 0 aliphatic carbocycles. The van der Waals surface area contributed by atoms with Crippen molar-refractivity contribution in [2.45, 2.75) is 12.8 Å². The van der Waals surface area contributed by atoms with Gasteiger partial charge in [0.05, 0.1) is 6.61 Å². The van der Waals surface area contributed by atoms with Gasteiger partial charge in [-0.15, -0.1) is 24.0 Å². The molecule has 0 unspecified atom stereocenters. The zero-order valence-corrected chi connectivity index (χ0v) is 15.1. The third kappa shape index (κ3) is 10.4. The van der Waals surface area contributed by atoms with E-state index in [1.54, 1.807) is 14.2 Å². The maximum Gasteiger partial charge on any atom is 0.190 e. The Morgan fingerprint density at radius 3 is 2.24 bits per heavy atom. The Balaban J connectivity index is 0.00000400. The fraction of sp³-hybridized carbons (Fsp3) is 0.533. The van der Waals surface area contributed by atoms with Crippen LogP contribution in [-0.4, -0.2) is 46.4 Å². The number of hydrogen-bond acceptors (Lipinski definition) is 3. The first-order valence-electron chi connectivity index (χ1n) is 6.98. The maximum atomic E-state index is 5.62. The minimum absolute atomic E-state index is 0. The Morgan fingerprint density at radius 1 is 1.05 bits per heavy atom. The van der Waals surface area contributed by atoms with Crippen molar-refractivity contribution >= 4 is 29.9 Å². The number of nitrogens with one attached hydrogen (secondary N) is 2. The highest BCUT2D eigenvalue weighted by atomic mass is 127. The number of hydrogen-bond donors (Lipinski definition) is 2. The third-order valence-corrected chi connectivity index (χ3v) is 2.67. The average Bonchev–Trinajstić information content (AvgIpc) is 2.50. The lowest BCUT2D eigenvalue weighted by atomic mass is 10.3. The fourth-order valence-corrected chi connectivity index (χ4v) is 1.63. The number of halogens is 1. The monoisotopic (exact) mass is 407 g/mol. The molecule has 0 aromatic heterocycles. The molecule has 1 aromatic carbocycles. The van der Waals surface area contributed by atoms with Crippen molar-refractivity contribution < 1.29 is 9.47 Å². The van der Waals surface area contributed by atoms with Crippen LogP contribution in [0.2, 0.25) is 0 Å². The van der Waals surface area contributed by atoms with Gasteiger partial charge < -0.3 is 20.1 Å². The largest absolute Gasteiger partial charge is 0.494 e. The summed E-state index contributed by atoms with van der Waals surface area (Å²) in [6, 6.07) is 9.85. The summed E-state index contributed by atoms with van der Waals surface area (Å²) in [5, 5.41) is 6.48. The van der Waals surface area contributed by atoms with Crippen molar-refractivity contribution in [2.24, 2.45) is 4.99 Å². The zero-order chi connectivity index (χ0) is 14.5. The van der Waals surface area contributed by atoms with Gasteiger partial charge in [0.15, 0.2) is 5.96 Å². The molecule has 5 nitrogen and oxygen atoms in total. The van der Waals surface area contributed by atoms with Gasteiger partial charge in [-0.25, -0.2) is 0 Å². The number of ether oxygens (including phenoxy) is 2. The van der Waals surface area contributed by atoms with Crippen LogP contribution in [0.3, 0.4) is 0 Å². The van der Waals surface area contributed by atoms with Crippen LogP contribution in [0.5, 0.6) is 5.75 Å². The first-order chi connectivity index (χ1) is 9.86. The van der Waals surface area contributed by atoms with Crippen LogP contribution < -0.4 is 15.4 Å². The molecule has 0 bridgehead atoms. The van der Waals surface area contributed by atoms with Crippen molar-refractivity contribution in [3.05, 3.63) is 30.3 Å². The Bertz CT molecular complexity index is 374. The summed E-state index contributed by atoms with van der Waals surface area (Å²) in [5.74, 6) is 1.73. The van der Waals surface area contributed by atoms with E-state index in [2.05, 4.69) is 15.6 Å². The molecule has 1 aromatic rings. The van der Waals surface area contributed by atoms with E-state index in [9.17, 15) is 0 Å². The SMILES string of the molecule is CN=C(NCCCOC)NCCCOc1ccccc1.I. The first kappa shape index (κ1) is 20.0. The predicted molar refractivity (Wildman–Crippen MR) is 97.8 cm³/mol. The molecule has 0 saturated heterocycles. The summed E-state index contributed by atoms with van der Waals surface area (Å²) in [4.78, 5) is 4.15. The van der Waals surface area contributed by atoms with E-state index < -0.39 is 0 Å². The zero-order valence-electron chi connectivity index (χ0n) is 12.8. The van der Waals surface area contributed by atoms with Crippen LogP contribution in [0, 0.1) is 0 Å². The lowest BCUT2D eigenvalue weighted by molar-refractivity contribution is 0.195. The minimum Gasteiger partial charge on any atom is -0.494 e. The van der Waals surface area contributed by atoms with Crippen molar-refractivity contribution in [3.63, 3.8) is 0 Å². The highest BCUT2D eigenvalue weighted by Crippen LogP contribution is 2.07. The third-order valence-electron chi connectivity index (χ3n) is 2.67. The minimum atomic E-state index is 0. The molecule has 21 heavy (non-hydrogen) atoms. The highest BCUT2D eigenvalue weighted by Gasteiger charge is 1.97. The van der Waals surface area contributed by atoms with E-state index in [-0.39, 0.29) is 24.0 Å². The Labute approximate surface area is 144 Å². The number of guanidine groups is 1. The molecule has 0 heterocycles. The van der Waals surface area contributed by atoms with Gasteiger partial charge in [-0.05, 0) is 25.0 Å². The quantitative estimate of drug-likeness (QED) is 0.286. The van der Waals surface area contributed by atoms with Crippen LogP contribution in [-0.2, 0) is 4.74 Å². The number of methoxy groups -OCH3 is 1. The summed E-state index contributed by atoms with van der Waals surface area (Å²) in [6.45, 7) is 3.14. The lowest BCUT2D eigenvalue weighted by Gasteiger charge is -2.12. The van der Waals surface area contributed by atoms with Crippen LogP contribution >= 0.6 is 24.0 Å². The van der Waals surface area contributed by atoms with Gasteiger partial charge in [0.25, 0.3) is 0 Å². The Kier molecular flexibility index (Phi) is 13.3.